The molecule has 3 N–H and O–H groups in total. The second-order valence-corrected chi connectivity index (χ2v) is 10.2. The molecular weight excluding hydrogens is 424 g/mol. The molecule has 8 heteroatoms. The molecule has 0 aromatic heterocycles. The summed E-state index contributed by atoms with van der Waals surface area (Å²) in [7, 11) is -3.80. The normalized spacial score (nSPS) is 15.3. The Morgan fingerprint density at radius 2 is 1.72 bits per heavy atom. The van der Waals surface area contributed by atoms with Crippen molar-refractivity contribution in [2.45, 2.75) is 52.0 Å². The van der Waals surface area contributed by atoms with E-state index in [0.29, 0.717) is 16.8 Å². The van der Waals surface area contributed by atoms with E-state index < -0.39 is 10.0 Å². The van der Waals surface area contributed by atoms with Gasteiger partial charge < -0.3 is 15.5 Å². The van der Waals surface area contributed by atoms with Crippen molar-refractivity contribution in [1.29, 1.82) is 0 Å². The first kappa shape index (κ1) is 24.1. The highest BCUT2D eigenvalue weighted by molar-refractivity contribution is 7.92. The first-order chi connectivity index (χ1) is 15.1. The summed E-state index contributed by atoms with van der Waals surface area (Å²) >= 11 is 0. The van der Waals surface area contributed by atoms with Gasteiger partial charge in [0.2, 0.25) is 0 Å². The molecule has 174 valence electrons. The van der Waals surface area contributed by atoms with Crippen LogP contribution in [0.3, 0.4) is 0 Å². The Morgan fingerprint density at radius 1 is 1.06 bits per heavy atom. The van der Waals surface area contributed by atoms with Gasteiger partial charge in [0, 0.05) is 43.6 Å². The van der Waals surface area contributed by atoms with Crippen molar-refractivity contribution in [1.82, 2.24) is 10.6 Å². The molecule has 0 bridgehead atoms. The molecule has 1 amide bonds. The molecule has 0 radical (unpaired) electrons. The molecule has 2 aromatic rings. The van der Waals surface area contributed by atoms with Crippen LogP contribution in [0.15, 0.2) is 35.2 Å². The summed E-state index contributed by atoms with van der Waals surface area (Å²) in [5.74, 6) is -0.198. The van der Waals surface area contributed by atoms with Crippen LogP contribution in [0.5, 0.6) is 0 Å². The molecule has 3 rings (SSSR count). The number of hydrogen-bond donors (Lipinski definition) is 3. The SMILES string of the molecule is CC[C@H](C)NC(=O)c1cc(NS(=O)(=O)c2cc(C)c(C)cc2C)ccc1N1CCNCC1. The Kier molecular flexibility index (Phi) is 7.46. The molecule has 2 aromatic carbocycles. The summed E-state index contributed by atoms with van der Waals surface area (Å²) in [4.78, 5) is 15.5. The van der Waals surface area contributed by atoms with Crippen LogP contribution in [-0.2, 0) is 10.0 Å². The highest BCUT2D eigenvalue weighted by atomic mass is 32.2. The molecule has 0 saturated carbocycles. The molecule has 0 spiro atoms. The molecule has 32 heavy (non-hydrogen) atoms. The summed E-state index contributed by atoms with van der Waals surface area (Å²) in [6, 6.07) is 8.80. The van der Waals surface area contributed by atoms with Gasteiger partial charge in [0.05, 0.1) is 10.5 Å². The van der Waals surface area contributed by atoms with Crippen molar-refractivity contribution in [3.05, 3.63) is 52.6 Å². The lowest BCUT2D eigenvalue weighted by Crippen LogP contribution is -2.44. The van der Waals surface area contributed by atoms with E-state index in [4.69, 9.17) is 0 Å². The molecule has 7 nitrogen and oxygen atoms in total. The quantitative estimate of drug-likeness (QED) is 0.592. The minimum atomic E-state index is -3.80. The van der Waals surface area contributed by atoms with Gasteiger partial charge in [0.1, 0.15) is 0 Å². The van der Waals surface area contributed by atoms with Crippen LogP contribution in [0, 0.1) is 20.8 Å². The highest BCUT2D eigenvalue weighted by Crippen LogP contribution is 2.28. The van der Waals surface area contributed by atoms with Crippen LogP contribution in [0.2, 0.25) is 0 Å². The Hall–Kier alpha value is -2.58. The first-order valence-corrected chi connectivity index (χ1v) is 12.6. The van der Waals surface area contributed by atoms with Crippen molar-refractivity contribution >= 4 is 27.3 Å². The number of carbonyl (C=O) groups is 1. The minimum Gasteiger partial charge on any atom is -0.368 e. The number of nitrogens with zero attached hydrogens (tertiary/aromatic N) is 1. The van der Waals surface area contributed by atoms with E-state index in [0.717, 1.165) is 49.4 Å². The van der Waals surface area contributed by atoms with E-state index >= 15 is 0 Å². The van der Waals surface area contributed by atoms with Crippen LogP contribution in [0.1, 0.15) is 47.3 Å². The Morgan fingerprint density at radius 3 is 2.38 bits per heavy atom. The number of amides is 1. The number of hydrogen-bond acceptors (Lipinski definition) is 5. The van der Waals surface area contributed by atoms with E-state index in [1.807, 2.05) is 39.8 Å². The lowest BCUT2D eigenvalue weighted by atomic mass is 10.1. The lowest BCUT2D eigenvalue weighted by Gasteiger charge is -2.31. The molecule has 0 aliphatic carbocycles. The van der Waals surface area contributed by atoms with Gasteiger partial charge in [-0.25, -0.2) is 8.42 Å². The predicted molar refractivity (Wildman–Crippen MR) is 130 cm³/mol. The van der Waals surface area contributed by atoms with E-state index in [1.165, 1.54) is 0 Å². The minimum absolute atomic E-state index is 0.0249. The summed E-state index contributed by atoms with van der Waals surface area (Å²) in [6.07, 6.45) is 0.813. The van der Waals surface area contributed by atoms with Crippen molar-refractivity contribution < 1.29 is 13.2 Å². The first-order valence-electron chi connectivity index (χ1n) is 11.1. The Labute approximate surface area is 191 Å². The monoisotopic (exact) mass is 458 g/mol. The van der Waals surface area contributed by atoms with E-state index in [-0.39, 0.29) is 16.8 Å². The number of aryl methyl sites for hydroxylation is 3. The van der Waals surface area contributed by atoms with Gasteiger partial charge in [0.15, 0.2) is 0 Å². The number of benzene rings is 2. The van der Waals surface area contributed by atoms with E-state index in [1.54, 1.807) is 25.1 Å². The maximum Gasteiger partial charge on any atom is 0.262 e. The van der Waals surface area contributed by atoms with Gasteiger partial charge in [-0.2, -0.15) is 0 Å². The molecule has 1 saturated heterocycles. The predicted octanol–water partition coefficient (Wildman–Crippen LogP) is 3.35. The zero-order valence-electron chi connectivity index (χ0n) is 19.6. The molecule has 1 aliphatic heterocycles. The van der Waals surface area contributed by atoms with Crippen LogP contribution in [-0.4, -0.2) is 46.5 Å². The van der Waals surface area contributed by atoms with Crippen molar-refractivity contribution in [2.75, 3.05) is 35.8 Å². The summed E-state index contributed by atoms with van der Waals surface area (Å²) < 4.78 is 29.0. The Bertz CT molecular complexity index is 1090. The second-order valence-electron chi connectivity index (χ2n) is 8.56. The van der Waals surface area contributed by atoms with E-state index in [2.05, 4.69) is 20.3 Å². The smallest absolute Gasteiger partial charge is 0.262 e. The Balaban J connectivity index is 1.97. The van der Waals surface area contributed by atoms with E-state index in [9.17, 15) is 13.2 Å². The molecule has 1 fully saturated rings. The lowest BCUT2D eigenvalue weighted by molar-refractivity contribution is 0.0939. The molecule has 1 aliphatic rings. The zero-order valence-corrected chi connectivity index (χ0v) is 20.4. The highest BCUT2D eigenvalue weighted by Gasteiger charge is 2.23. The molecular formula is C24H34N4O3S. The maximum atomic E-state index is 13.1. The summed E-state index contributed by atoms with van der Waals surface area (Å²) in [5, 5.41) is 6.33. The number of anilines is 2. The van der Waals surface area contributed by atoms with Crippen LogP contribution in [0.4, 0.5) is 11.4 Å². The molecule has 1 atom stereocenters. The fourth-order valence-corrected chi connectivity index (χ4v) is 5.16. The number of rotatable bonds is 7. The van der Waals surface area contributed by atoms with Gasteiger partial charge >= 0.3 is 0 Å². The topological polar surface area (TPSA) is 90.5 Å². The largest absolute Gasteiger partial charge is 0.368 e. The average Bonchev–Trinajstić information content (AvgIpc) is 2.76. The zero-order chi connectivity index (χ0) is 23.5. The van der Waals surface area contributed by atoms with Gasteiger partial charge in [-0.3, -0.25) is 9.52 Å². The number of carbonyl (C=O) groups excluding carboxylic acids is 1. The van der Waals surface area contributed by atoms with Gasteiger partial charge in [-0.05, 0) is 75.1 Å². The third-order valence-corrected chi connectivity index (χ3v) is 7.55. The van der Waals surface area contributed by atoms with Crippen molar-refractivity contribution in [3.8, 4) is 0 Å². The molecule has 1 heterocycles. The molecule has 0 unspecified atom stereocenters. The van der Waals surface area contributed by atoms with Crippen LogP contribution < -0.4 is 20.3 Å². The number of sulfonamides is 1. The van der Waals surface area contributed by atoms with Crippen molar-refractivity contribution in [2.24, 2.45) is 0 Å². The number of nitrogens with one attached hydrogen (secondary N) is 3. The standard InChI is InChI=1S/C24H34N4O3S/c1-6-19(5)26-24(29)21-15-20(7-8-22(21)28-11-9-25-10-12-28)27-32(30,31)23-14-17(3)16(2)13-18(23)4/h7-8,13-15,19,25,27H,6,9-12H2,1-5H3,(H,26,29)/t19-/m0/s1. The van der Waals surface area contributed by atoms with Crippen LogP contribution in [0.25, 0.3) is 0 Å². The summed E-state index contributed by atoms with van der Waals surface area (Å²) in [6.45, 7) is 12.9. The fourth-order valence-electron chi connectivity index (χ4n) is 3.80. The maximum absolute atomic E-state index is 13.1. The van der Waals surface area contributed by atoms with Gasteiger partial charge in [0.25, 0.3) is 15.9 Å². The van der Waals surface area contributed by atoms with Gasteiger partial charge in [-0.1, -0.05) is 13.0 Å². The summed E-state index contributed by atoms with van der Waals surface area (Å²) in [5.41, 5.74) is 4.31. The average molecular weight is 459 g/mol. The third kappa shape index (κ3) is 5.42. The number of piperazine rings is 1. The van der Waals surface area contributed by atoms with Crippen molar-refractivity contribution in [3.63, 3.8) is 0 Å². The van der Waals surface area contributed by atoms with Crippen LogP contribution >= 0.6 is 0 Å². The third-order valence-electron chi connectivity index (χ3n) is 6.02. The fraction of sp³-hybridized carbons (Fsp3) is 0.458. The van der Waals surface area contributed by atoms with Gasteiger partial charge in [-0.15, -0.1) is 0 Å². The second kappa shape index (κ2) is 9.92.